The number of carbonyl (C=O) groups excluding carboxylic acids is 3. The number of rotatable bonds is 6. The molecule has 8 nitrogen and oxygen atoms in total. The fourth-order valence-corrected chi connectivity index (χ4v) is 4.67. The van der Waals surface area contributed by atoms with Crippen molar-refractivity contribution < 1.29 is 23.9 Å². The van der Waals surface area contributed by atoms with Crippen LogP contribution in [0.2, 0.25) is 5.02 Å². The molecule has 3 amide bonds. The summed E-state index contributed by atoms with van der Waals surface area (Å²) >= 11 is 7.29. The predicted molar refractivity (Wildman–Crippen MR) is 123 cm³/mol. The number of nitrogens with one attached hydrogen (secondary N) is 2. The molecule has 2 aromatic rings. The molecule has 0 saturated carbocycles. The minimum atomic E-state index is -0.578. The molecule has 2 aliphatic heterocycles. The summed E-state index contributed by atoms with van der Waals surface area (Å²) in [6.45, 7) is 2.96. The van der Waals surface area contributed by atoms with Crippen LogP contribution in [-0.2, 0) is 14.4 Å². The van der Waals surface area contributed by atoms with Crippen molar-refractivity contribution >= 4 is 52.5 Å². The Balaban J connectivity index is 1.35. The van der Waals surface area contributed by atoms with Gasteiger partial charge in [0.1, 0.15) is 13.2 Å². The first-order valence-electron chi connectivity index (χ1n) is 10.2. The normalized spacial score (nSPS) is 16.6. The molecule has 1 atom stereocenters. The van der Waals surface area contributed by atoms with Gasteiger partial charge in [-0.2, -0.15) is 0 Å². The Labute approximate surface area is 194 Å². The third-order valence-corrected chi connectivity index (χ3v) is 6.53. The van der Waals surface area contributed by atoms with Crippen LogP contribution in [0, 0.1) is 0 Å². The first kappa shape index (κ1) is 22.3. The summed E-state index contributed by atoms with van der Waals surface area (Å²) in [4.78, 5) is 40.1. The molecule has 2 N–H and O–H groups in total. The largest absolute Gasteiger partial charge is 0.486 e. The van der Waals surface area contributed by atoms with E-state index in [0.29, 0.717) is 47.7 Å². The fourth-order valence-electron chi connectivity index (χ4n) is 3.42. The highest BCUT2D eigenvalue weighted by molar-refractivity contribution is 8.01. The van der Waals surface area contributed by atoms with Crippen LogP contribution < -0.4 is 20.1 Å². The summed E-state index contributed by atoms with van der Waals surface area (Å²) in [6.07, 6.45) is -0.0102. The molecule has 2 aliphatic rings. The average Bonchev–Trinajstić information content (AvgIpc) is 2.78. The smallest absolute Gasteiger partial charge is 0.243 e. The van der Waals surface area contributed by atoms with Crippen molar-refractivity contribution in [1.29, 1.82) is 0 Å². The van der Waals surface area contributed by atoms with Gasteiger partial charge in [-0.15, -0.1) is 11.8 Å². The zero-order valence-electron chi connectivity index (χ0n) is 17.4. The highest BCUT2D eigenvalue weighted by Crippen LogP contribution is 2.38. The molecule has 0 bridgehead atoms. The standard InChI is InChI=1S/C22H22ClN3O5S/c1-2-26(12-20(27)24-14-4-5-16-17(10-14)31-8-7-30-16)21(28)11-19-22(29)25-15-9-13(23)3-6-18(15)32-19/h3-6,9-10,19H,2,7-8,11-12H2,1H3,(H,24,27)(H,25,29). The fraction of sp³-hybridized carbons (Fsp3) is 0.318. The Bertz CT molecular complexity index is 1060. The van der Waals surface area contributed by atoms with E-state index in [1.807, 2.05) is 6.07 Å². The molecule has 32 heavy (non-hydrogen) atoms. The molecule has 2 heterocycles. The number of ether oxygens (including phenoxy) is 2. The number of fused-ring (bicyclic) bond motifs is 2. The molecule has 1 unspecified atom stereocenters. The van der Waals surface area contributed by atoms with Crippen molar-refractivity contribution in [1.82, 2.24) is 4.90 Å². The topological polar surface area (TPSA) is 97.0 Å². The number of hydrogen-bond donors (Lipinski definition) is 2. The van der Waals surface area contributed by atoms with Crippen molar-refractivity contribution in [2.45, 2.75) is 23.5 Å². The Kier molecular flexibility index (Phi) is 6.76. The molecule has 0 fully saturated rings. The van der Waals surface area contributed by atoms with Crippen LogP contribution in [0.5, 0.6) is 11.5 Å². The van der Waals surface area contributed by atoms with Crippen LogP contribution in [0.3, 0.4) is 0 Å². The number of likely N-dealkylation sites (N-methyl/N-ethyl adjacent to an activating group) is 1. The lowest BCUT2D eigenvalue weighted by Crippen LogP contribution is -2.41. The number of anilines is 2. The molecule has 0 saturated heterocycles. The van der Waals surface area contributed by atoms with Gasteiger partial charge in [0.25, 0.3) is 0 Å². The van der Waals surface area contributed by atoms with Crippen LogP contribution in [-0.4, -0.2) is 54.2 Å². The number of nitrogens with zero attached hydrogens (tertiary/aromatic N) is 1. The van der Waals surface area contributed by atoms with E-state index in [9.17, 15) is 14.4 Å². The number of amides is 3. The number of benzene rings is 2. The zero-order valence-corrected chi connectivity index (χ0v) is 18.9. The summed E-state index contributed by atoms with van der Waals surface area (Å²) in [5.41, 5.74) is 1.20. The highest BCUT2D eigenvalue weighted by atomic mass is 35.5. The monoisotopic (exact) mass is 475 g/mol. The van der Waals surface area contributed by atoms with Gasteiger partial charge in [-0.25, -0.2) is 0 Å². The Hall–Kier alpha value is -2.91. The third kappa shape index (κ3) is 5.11. The van der Waals surface area contributed by atoms with Gasteiger partial charge in [0, 0.05) is 34.6 Å². The van der Waals surface area contributed by atoms with E-state index in [1.165, 1.54) is 16.7 Å². The van der Waals surface area contributed by atoms with Gasteiger partial charge < -0.3 is 25.0 Å². The average molecular weight is 476 g/mol. The van der Waals surface area contributed by atoms with E-state index >= 15 is 0 Å². The van der Waals surface area contributed by atoms with Gasteiger partial charge in [-0.1, -0.05) is 11.6 Å². The number of hydrogen-bond acceptors (Lipinski definition) is 6. The van der Waals surface area contributed by atoms with Gasteiger partial charge in [0.15, 0.2) is 11.5 Å². The van der Waals surface area contributed by atoms with Crippen LogP contribution in [0.4, 0.5) is 11.4 Å². The van der Waals surface area contributed by atoms with Crippen LogP contribution in [0.15, 0.2) is 41.3 Å². The molecule has 4 rings (SSSR count). The molecule has 0 spiro atoms. The van der Waals surface area contributed by atoms with Gasteiger partial charge in [0.2, 0.25) is 17.7 Å². The summed E-state index contributed by atoms with van der Waals surface area (Å²) in [5.74, 6) is 0.341. The molecular weight excluding hydrogens is 454 g/mol. The third-order valence-electron chi connectivity index (χ3n) is 5.02. The lowest BCUT2D eigenvalue weighted by Gasteiger charge is -2.26. The van der Waals surface area contributed by atoms with Crippen molar-refractivity contribution in [2.75, 3.05) is 36.9 Å². The second-order valence-corrected chi connectivity index (χ2v) is 8.94. The lowest BCUT2D eigenvalue weighted by atomic mass is 10.2. The van der Waals surface area contributed by atoms with E-state index in [-0.39, 0.29) is 30.7 Å². The number of thioether (sulfide) groups is 1. The van der Waals surface area contributed by atoms with Crippen molar-refractivity contribution in [2.24, 2.45) is 0 Å². The first-order chi connectivity index (χ1) is 15.4. The summed E-state index contributed by atoms with van der Waals surface area (Å²) in [5, 5.41) is 5.52. The van der Waals surface area contributed by atoms with Gasteiger partial charge in [0.05, 0.1) is 17.5 Å². The van der Waals surface area contributed by atoms with E-state index in [1.54, 1.807) is 37.3 Å². The Morgan fingerprint density at radius 1 is 1.19 bits per heavy atom. The Morgan fingerprint density at radius 2 is 1.97 bits per heavy atom. The molecule has 168 valence electrons. The van der Waals surface area contributed by atoms with Gasteiger partial charge >= 0.3 is 0 Å². The van der Waals surface area contributed by atoms with Crippen molar-refractivity contribution in [3.63, 3.8) is 0 Å². The van der Waals surface area contributed by atoms with Gasteiger partial charge in [-0.05, 0) is 37.3 Å². The van der Waals surface area contributed by atoms with Crippen LogP contribution >= 0.6 is 23.4 Å². The molecule has 0 aromatic heterocycles. The highest BCUT2D eigenvalue weighted by Gasteiger charge is 2.31. The number of halogens is 1. The minimum Gasteiger partial charge on any atom is -0.486 e. The molecule has 2 aromatic carbocycles. The zero-order chi connectivity index (χ0) is 22.7. The van der Waals surface area contributed by atoms with Crippen LogP contribution in [0.25, 0.3) is 0 Å². The van der Waals surface area contributed by atoms with Crippen LogP contribution in [0.1, 0.15) is 13.3 Å². The van der Waals surface area contributed by atoms with Crippen molar-refractivity contribution in [3.05, 3.63) is 41.4 Å². The summed E-state index contributed by atoms with van der Waals surface area (Å²) in [6, 6.07) is 10.4. The summed E-state index contributed by atoms with van der Waals surface area (Å²) < 4.78 is 11.0. The SMILES string of the molecule is CCN(CC(=O)Nc1ccc2c(c1)OCCO2)C(=O)CC1Sc2ccc(Cl)cc2NC1=O. The molecular formula is C22H22ClN3O5S. The van der Waals surface area contributed by atoms with E-state index in [4.69, 9.17) is 21.1 Å². The second-order valence-electron chi connectivity index (χ2n) is 7.25. The maximum Gasteiger partial charge on any atom is 0.243 e. The predicted octanol–water partition coefficient (Wildman–Crippen LogP) is 3.40. The minimum absolute atomic E-state index is 0.0102. The Morgan fingerprint density at radius 3 is 2.75 bits per heavy atom. The lowest BCUT2D eigenvalue weighted by molar-refractivity contribution is -0.135. The first-order valence-corrected chi connectivity index (χ1v) is 11.4. The maximum absolute atomic E-state index is 12.8. The maximum atomic E-state index is 12.8. The second kappa shape index (κ2) is 9.70. The molecule has 0 aliphatic carbocycles. The van der Waals surface area contributed by atoms with E-state index in [0.717, 1.165) is 4.90 Å². The summed E-state index contributed by atoms with van der Waals surface area (Å²) in [7, 11) is 0. The van der Waals surface area contributed by atoms with Crippen molar-refractivity contribution in [3.8, 4) is 11.5 Å². The van der Waals surface area contributed by atoms with E-state index < -0.39 is 5.25 Å². The quantitative estimate of drug-likeness (QED) is 0.664. The molecule has 10 heteroatoms. The number of carbonyl (C=O) groups is 3. The van der Waals surface area contributed by atoms with E-state index in [2.05, 4.69) is 10.6 Å². The van der Waals surface area contributed by atoms with Gasteiger partial charge in [-0.3, -0.25) is 14.4 Å². The molecule has 0 radical (unpaired) electrons.